The van der Waals surface area contributed by atoms with Crippen molar-refractivity contribution in [2.75, 3.05) is 7.05 Å². The third-order valence-electron chi connectivity index (χ3n) is 3.46. The molecule has 0 atom stereocenters. The predicted octanol–water partition coefficient (Wildman–Crippen LogP) is 3.38. The Morgan fingerprint density at radius 2 is 1.86 bits per heavy atom. The molecule has 1 fully saturated rings. The molecule has 0 aromatic rings. The Morgan fingerprint density at radius 1 is 1.27 bits per heavy atom. The molecule has 1 amide bonds. The first kappa shape index (κ1) is 18.2. The van der Waals surface area contributed by atoms with E-state index in [4.69, 9.17) is 9.47 Å². The number of carbonyl (C=O) groups is 1. The fraction of sp³-hybridized carbons (Fsp3) is 0.688. The Kier molecular flexibility index (Phi) is 6.59. The lowest BCUT2D eigenvalue weighted by atomic mass is 9.92. The van der Waals surface area contributed by atoms with Gasteiger partial charge in [0.25, 0.3) is 0 Å². The maximum absolute atomic E-state index is 12.1. The summed E-state index contributed by atoms with van der Waals surface area (Å²) in [5.74, 6) is 0.344. The van der Waals surface area contributed by atoms with Gasteiger partial charge in [-0.1, -0.05) is 0 Å². The summed E-state index contributed by atoms with van der Waals surface area (Å²) < 4.78 is 11.0. The van der Waals surface area contributed by atoms with Gasteiger partial charge in [-0.2, -0.15) is 0 Å². The third kappa shape index (κ3) is 6.28. The molecule has 0 aromatic carbocycles. The van der Waals surface area contributed by atoms with Crippen LogP contribution in [-0.2, 0) is 9.47 Å². The number of nitrogens with zero attached hydrogens (tertiary/aromatic N) is 3. The molecule has 0 radical (unpaired) electrons. The lowest BCUT2D eigenvalue weighted by Gasteiger charge is -2.35. The molecule has 1 rings (SSSR count). The van der Waals surface area contributed by atoms with Gasteiger partial charge in [-0.25, -0.2) is 9.79 Å². The Morgan fingerprint density at radius 3 is 2.36 bits per heavy atom. The maximum atomic E-state index is 12.1. The average molecular weight is 309 g/mol. The Bertz CT molecular complexity index is 432. The first-order chi connectivity index (χ1) is 10.2. The molecule has 6 nitrogen and oxygen atoms in total. The van der Waals surface area contributed by atoms with E-state index in [0.717, 1.165) is 25.7 Å². The van der Waals surface area contributed by atoms with E-state index in [-0.39, 0.29) is 18.2 Å². The first-order valence-electron chi connectivity index (χ1n) is 7.52. The Labute approximate surface area is 132 Å². The molecule has 0 N–H and O–H groups in total. The molecule has 1 saturated carbocycles. The van der Waals surface area contributed by atoms with Crippen LogP contribution in [0.2, 0.25) is 0 Å². The monoisotopic (exact) mass is 309 g/mol. The van der Waals surface area contributed by atoms with E-state index < -0.39 is 5.60 Å². The van der Waals surface area contributed by atoms with Crippen molar-refractivity contribution in [1.82, 2.24) is 4.90 Å². The van der Waals surface area contributed by atoms with Crippen molar-refractivity contribution < 1.29 is 14.3 Å². The molecule has 0 spiro atoms. The van der Waals surface area contributed by atoms with Crippen LogP contribution in [0.25, 0.3) is 0 Å². The minimum atomic E-state index is -0.472. The van der Waals surface area contributed by atoms with Crippen LogP contribution in [0, 0.1) is 0 Å². The van der Waals surface area contributed by atoms with E-state index in [9.17, 15) is 4.79 Å². The van der Waals surface area contributed by atoms with Crippen LogP contribution in [0.15, 0.2) is 22.4 Å². The second-order valence-corrected chi connectivity index (χ2v) is 6.46. The zero-order valence-corrected chi connectivity index (χ0v) is 14.0. The highest BCUT2D eigenvalue weighted by Gasteiger charge is 2.30. The summed E-state index contributed by atoms with van der Waals surface area (Å²) in [7, 11) is 1.79. The van der Waals surface area contributed by atoms with Crippen molar-refractivity contribution in [3.63, 3.8) is 0 Å². The first-order valence-corrected chi connectivity index (χ1v) is 7.52. The van der Waals surface area contributed by atoms with Crippen molar-refractivity contribution in [2.45, 2.75) is 64.2 Å². The van der Waals surface area contributed by atoms with Crippen LogP contribution >= 0.6 is 0 Å². The van der Waals surface area contributed by atoms with Gasteiger partial charge in [0.1, 0.15) is 18.0 Å². The van der Waals surface area contributed by atoms with Crippen LogP contribution in [-0.4, -0.2) is 48.8 Å². The largest absolute Gasteiger partial charge is 0.475 e. The zero-order chi connectivity index (χ0) is 16.8. The van der Waals surface area contributed by atoms with Crippen LogP contribution < -0.4 is 0 Å². The highest BCUT2D eigenvalue weighted by molar-refractivity contribution is 5.68. The van der Waals surface area contributed by atoms with Gasteiger partial charge >= 0.3 is 6.09 Å². The predicted molar refractivity (Wildman–Crippen MR) is 88.3 cm³/mol. The standard InChI is InChI=1S/C16H27N3O3/c1-12(18-11-17-5)21-14-9-7-13(8-10-14)19(6)15(20)22-16(2,3)4/h11,13-14H,1,5,7-10H2,2-4,6H3. The SMILES string of the molecule is C=NC=NC(=C)OC1CCC(N(C)C(=O)OC(C)(C)C)CC1. The molecule has 0 heterocycles. The van der Waals surface area contributed by atoms with E-state index in [1.807, 2.05) is 20.8 Å². The van der Waals surface area contributed by atoms with Crippen LogP contribution in [0.3, 0.4) is 0 Å². The van der Waals surface area contributed by atoms with E-state index in [0.29, 0.717) is 5.88 Å². The number of hydrogen-bond acceptors (Lipinski definition) is 4. The van der Waals surface area contributed by atoms with Gasteiger partial charge in [-0.3, -0.25) is 4.99 Å². The van der Waals surface area contributed by atoms with Crippen LogP contribution in [0.1, 0.15) is 46.5 Å². The van der Waals surface area contributed by atoms with E-state index in [2.05, 4.69) is 23.3 Å². The quantitative estimate of drug-likeness (QED) is 0.444. The average Bonchev–Trinajstić information content (AvgIpc) is 2.43. The van der Waals surface area contributed by atoms with Crippen molar-refractivity contribution in [1.29, 1.82) is 0 Å². The number of rotatable bonds is 5. The van der Waals surface area contributed by atoms with Gasteiger partial charge in [0.15, 0.2) is 0 Å². The van der Waals surface area contributed by atoms with Gasteiger partial charge in [0.05, 0.1) is 0 Å². The fourth-order valence-corrected chi connectivity index (χ4v) is 2.36. The molecule has 0 bridgehead atoms. The normalized spacial score (nSPS) is 22.2. The lowest BCUT2D eigenvalue weighted by Crippen LogP contribution is -2.43. The van der Waals surface area contributed by atoms with Gasteiger partial charge in [0, 0.05) is 13.1 Å². The topological polar surface area (TPSA) is 63.5 Å². The van der Waals surface area contributed by atoms with Gasteiger partial charge in [-0.15, -0.1) is 0 Å². The number of amides is 1. The van der Waals surface area contributed by atoms with E-state index in [1.165, 1.54) is 6.34 Å². The summed E-state index contributed by atoms with van der Waals surface area (Å²) in [4.78, 5) is 21.2. The minimum absolute atomic E-state index is 0.0813. The summed E-state index contributed by atoms with van der Waals surface area (Å²) in [6.07, 6.45) is 4.57. The van der Waals surface area contributed by atoms with E-state index >= 15 is 0 Å². The summed E-state index contributed by atoms with van der Waals surface area (Å²) >= 11 is 0. The molecular weight excluding hydrogens is 282 g/mol. The molecule has 1 aliphatic rings. The van der Waals surface area contributed by atoms with Gasteiger partial charge in [-0.05, 0) is 59.8 Å². The van der Waals surface area contributed by atoms with Crippen molar-refractivity contribution >= 4 is 19.1 Å². The molecule has 0 aliphatic heterocycles. The minimum Gasteiger partial charge on any atom is -0.475 e. The molecule has 0 unspecified atom stereocenters. The third-order valence-corrected chi connectivity index (χ3v) is 3.46. The summed E-state index contributed by atoms with van der Waals surface area (Å²) in [5.41, 5.74) is -0.472. The highest BCUT2D eigenvalue weighted by Crippen LogP contribution is 2.26. The summed E-state index contributed by atoms with van der Waals surface area (Å²) in [6.45, 7) is 12.6. The van der Waals surface area contributed by atoms with E-state index in [1.54, 1.807) is 11.9 Å². The lowest BCUT2D eigenvalue weighted by molar-refractivity contribution is 0.00846. The molecule has 22 heavy (non-hydrogen) atoms. The molecule has 6 heteroatoms. The van der Waals surface area contributed by atoms with Gasteiger partial charge < -0.3 is 14.4 Å². The molecular formula is C16H27N3O3. The molecule has 1 aliphatic carbocycles. The van der Waals surface area contributed by atoms with Crippen molar-refractivity contribution in [2.24, 2.45) is 9.98 Å². The highest BCUT2D eigenvalue weighted by atomic mass is 16.6. The second-order valence-electron chi connectivity index (χ2n) is 6.46. The summed E-state index contributed by atoms with van der Waals surface area (Å²) in [5, 5.41) is 0. The number of hydrogen-bond donors (Lipinski definition) is 0. The fourth-order valence-electron chi connectivity index (χ4n) is 2.36. The maximum Gasteiger partial charge on any atom is 0.410 e. The Balaban J connectivity index is 2.41. The number of carbonyl (C=O) groups excluding carboxylic acids is 1. The number of aliphatic imine (C=N–C) groups is 2. The van der Waals surface area contributed by atoms with Crippen LogP contribution in [0.5, 0.6) is 0 Å². The second kappa shape index (κ2) is 7.96. The smallest absolute Gasteiger partial charge is 0.410 e. The molecule has 124 valence electrons. The molecule has 0 saturated heterocycles. The van der Waals surface area contributed by atoms with Crippen LogP contribution in [0.4, 0.5) is 4.79 Å². The zero-order valence-electron chi connectivity index (χ0n) is 14.0. The molecule has 0 aromatic heterocycles. The van der Waals surface area contributed by atoms with Gasteiger partial charge in [0.2, 0.25) is 5.88 Å². The van der Waals surface area contributed by atoms with Crippen molar-refractivity contribution in [3.05, 3.63) is 12.5 Å². The number of ether oxygens (including phenoxy) is 2. The summed E-state index contributed by atoms with van der Waals surface area (Å²) in [6, 6.07) is 0.182. The van der Waals surface area contributed by atoms with Crippen molar-refractivity contribution in [3.8, 4) is 0 Å². The Hall–Kier alpha value is -1.85.